The molecule has 1 saturated heterocycles. The monoisotopic (exact) mass is 310 g/mol. The summed E-state index contributed by atoms with van der Waals surface area (Å²) in [5, 5.41) is 9.02. The molecule has 1 unspecified atom stereocenters. The topological polar surface area (TPSA) is 55.8 Å². The van der Waals surface area contributed by atoms with Gasteiger partial charge in [0.25, 0.3) is 0 Å². The number of rotatable bonds is 6. The summed E-state index contributed by atoms with van der Waals surface area (Å²) >= 11 is 1.96. The van der Waals surface area contributed by atoms with Crippen molar-refractivity contribution >= 4 is 17.7 Å². The molecule has 116 valence electrons. The summed E-state index contributed by atoms with van der Waals surface area (Å²) in [5.74, 6) is 2.50. The molecule has 1 aromatic carbocycles. The molecule has 2 rings (SSSR count). The molecule has 4 nitrogen and oxygen atoms in total. The van der Waals surface area contributed by atoms with Crippen LogP contribution in [0.25, 0.3) is 0 Å². The summed E-state index contributed by atoms with van der Waals surface area (Å²) in [5.41, 5.74) is 0.964. The summed E-state index contributed by atoms with van der Waals surface area (Å²) in [6, 6.07) is 5.68. The number of hydrogen-bond acceptors (Lipinski definition) is 4. The molecule has 1 heterocycles. The van der Waals surface area contributed by atoms with E-state index in [4.69, 9.17) is 14.6 Å². The Morgan fingerprint density at radius 2 is 2.10 bits per heavy atom. The van der Waals surface area contributed by atoms with Crippen LogP contribution in [0.5, 0.6) is 11.5 Å². The minimum Gasteiger partial charge on any atom is -0.493 e. The maximum Gasteiger partial charge on any atom is 0.306 e. The number of benzene rings is 1. The van der Waals surface area contributed by atoms with E-state index in [0.717, 1.165) is 35.7 Å². The molecule has 1 aliphatic heterocycles. The van der Waals surface area contributed by atoms with Gasteiger partial charge in [0.1, 0.15) is 6.10 Å². The average molecular weight is 310 g/mol. The first-order valence-corrected chi connectivity index (χ1v) is 8.39. The number of carboxylic acids is 1. The predicted octanol–water partition coefficient (Wildman–Crippen LogP) is 3.23. The van der Waals surface area contributed by atoms with Crippen molar-refractivity contribution in [3.8, 4) is 11.5 Å². The Bertz CT molecular complexity index is 483. The van der Waals surface area contributed by atoms with Crippen molar-refractivity contribution in [1.29, 1.82) is 0 Å². The molecule has 21 heavy (non-hydrogen) atoms. The van der Waals surface area contributed by atoms with Gasteiger partial charge in [0.15, 0.2) is 11.5 Å². The third kappa shape index (κ3) is 4.56. The van der Waals surface area contributed by atoms with Crippen LogP contribution in [0.2, 0.25) is 0 Å². The molecule has 5 heteroatoms. The Morgan fingerprint density at radius 3 is 2.71 bits per heavy atom. The molecule has 0 saturated carbocycles. The standard InChI is InChI=1S/C16H22O4S/c1-11(16(17)18)9-12-3-4-14(19-2)15(10-12)20-13-5-7-21-8-6-13/h3-4,10-11,13H,5-9H2,1-2H3,(H,17,18). The molecule has 0 aliphatic carbocycles. The van der Waals surface area contributed by atoms with E-state index in [1.165, 1.54) is 0 Å². The van der Waals surface area contributed by atoms with Gasteiger partial charge in [0.05, 0.1) is 13.0 Å². The molecule has 0 amide bonds. The lowest BCUT2D eigenvalue weighted by Crippen LogP contribution is -2.22. The minimum absolute atomic E-state index is 0.229. The number of carboxylic acid groups (broad SMARTS) is 1. The molecule has 0 radical (unpaired) electrons. The molecular weight excluding hydrogens is 288 g/mol. The van der Waals surface area contributed by atoms with Crippen LogP contribution in [0.4, 0.5) is 0 Å². The van der Waals surface area contributed by atoms with Crippen LogP contribution < -0.4 is 9.47 Å². The zero-order valence-corrected chi connectivity index (χ0v) is 13.3. The number of ether oxygens (including phenoxy) is 2. The van der Waals surface area contributed by atoms with Crippen LogP contribution >= 0.6 is 11.8 Å². The van der Waals surface area contributed by atoms with Crippen molar-refractivity contribution < 1.29 is 19.4 Å². The second-order valence-corrected chi connectivity index (χ2v) is 6.58. The molecule has 1 N–H and O–H groups in total. The van der Waals surface area contributed by atoms with E-state index in [2.05, 4.69) is 0 Å². The normalized spacial score (nSPS) is 17.2. The second kappa shape index (κ2) is 7.59. The lowest BCUT2D eigenvalue weighted by Gasteiger charge is -2.24. The van der Waals surface area contributed by atoms with Gasteiger partial charge in [0.2, 0.25) is 0 Å². The zero-order chi connectivity index (χ0) is 15.2. The van der Waals surface area contributed by atoms with Crippen molar-refractivity contribution in [2.75, 3.05) is 18.6 Å². The first-order valence-electron chi connectivity index (χ1n) is 7.24. The zero-order valence-electron chi connectivity index (χ0n) is 12.5. The van der Waals surface area contributed by atoms with E-state index in [0.29, 0.717) is 12.2 Å². The van der Waals surface area contributed by atoms with E-state index in [-0.39, 0.29) is 6.10 Å². The quantitative estimate of drug-likeness (QED) is 0.874. The van der Waals surface area contributed by atoms with Gasteiger partial charge in [-0.3, -0.25) is 4.79 Å². The number of hydrogen-bond donors (Lipinski definition) is 1. The fourth-order valence-electron chi connectivity index (χ4n) is 2.35. The van der Waals surface area contributed by atoms with Crippen molar-refractivity contribution in [1.82, 2.24) is 0 Å². The van der Waals surface area contributed by atoms with Gasteiger partial charge in [-0.15, -0.1) is 0 Å². The summed E-state index contributed by atoms with van der Waals surface area (Å²) in [6.07, 6.45) is 2.82. The van der Waals surface area contributed by atoms with Crippen LogP contribution in [-0.2, 0) is 11.2 Å². The highest BCUT2D eigenvalue weighted by Crippen LogP contribution is 2.32. The van der Waals surface area contributed by atoms with E-state index in [1.54, 1.807) is 14.0 Å². The van der Waals surface area contributed by atoms with Crippen LogP contribution in [0.15, 0.2) is 18.2 Å². The first-order chi connectivity index (χ1) is 10.1. The third-order valence-electron chi connectivity index (χ3n) is 3.65. The molecule has 1 fully saturated rings. The first kappa shape index (κ1) is 16.0. The number of methoxy groups -OCH3 is 1. The Morgan fingerprint density at radius 1 is 1.38 bits per heavy atom. The Labute approximate surface area is 129 Å². The summed E-state index contributed by atoms with van der Waals surface area (Å²) < 4.78 is 11.4. The van der Waals surface area contributed by atoms with Crippen molar-refractivity contribution in [3.05, 3.63) is 23.8 Å². The van der Waals surface area contributed by atoms with Gasteiger partial charge >= 0.3 is 5.97 Å². The number of thioether (sulfide) groups is 1. The van der Waals surface area contributed by atoms with Crippen LogP contribution in [0.3, 0.4) is 0 Å². The number of carbonyl (C=O) groups is 1. The Kier molecular flexibility index (Phi) is 5.79. The van der Waals surface area contributed by atoms with Gasteiger partial charge < -0.3 is 14.6 Å². The van der Waals surface area contributed by atoms with Crippen LogP contribution in [-0.4, -0.2) is 35.8 Å². The van der Waals surface area contributed by atoms with Crippen molar-refractivity contribution in [3.63, 3.8) is 0 Å². The number of aliphatic carboxylic acids is 1. The fourth-order valence-corrected chi connectivity index (χ4v) is 3.42. The molecule has 1 aliphatic rings. The smallest absolute Gasteiger partial charge is 0.306 e. The lowest BCUT2D eigenvalue weighted by atomic mass is 10.0. The van der Waals surface area contributed by atoms with Crippen LogP contribution in [0.1, 0.15) is 25.3 Å². The molecule has 1 atom stereocenters. The largest absolute Gasteiger partial charge is 0.493 e. The van der Waals surface area contributed by atoms with Gasteiger partial charge in [-0.05, 0) is 48.5 Å². The summed E-state index contributed by atoms with van der Waals surface area (Å²) in [4.78, 5) is 11.0. The lowest BCUT2D eigenvalue weighted by molar-refractivity contribution is -0.141. The Balaban J connectivity index is 2.11. The molecule has 0 bridgehead atoms. The average Bonchev–Trinajstić information content (AvgIpc) is 2.48. The van der Waals surface area contributed by atoms with E-state index >= 15 is 0 Å². The highest BCUT2D eigenvalue weighted by Gasteiger charge is 2.18. The minimum atomic E-state index is -0.780. The van der Waals surface area contributed by atoms with Gasteiger partial charge in [-0.25, -0.2) is 0 Å². The van der Waals surface area contributed by atoms with Crippen LogP contribution in [0, 0.1) is 5.92 Å². The van der Waals surface area contributed by atoms with Crippen molar-refractivity contribution in [2.45, 2.75) is 32.3 Å². The second-order valence-electron chi connectivity index (χ2n) is 5.36. The van der Waals surface area contributed by atoms with Gasteiger partial charge in [-0.1, -0.05) is 13.0 Å². The molecular formula is C16H22O4S. The molecule has 1 aromatic rings. The van der Waals surface area contributed by atoms with Gasteiger partial charge in [-0.2, -0.15) is 11.8 Å². The maximum atomic E-state index is 11.0. The highest BCUT2D eigenvalue weighted by atomic mass is 32.2. The third-order valence-corrected chi connectivity index (χ3v) is 4.70. The van der Waals surface area contributed by atoms with E-state index in [1.807, 2.05) is 30.0 Å². The Hall–Kier alpha value is -1.36. The molecule has 0 spiro atoms. The highest BCUT2D eigenvalue weighted by molar-refractivity contribution is 7.99. The summed E-state index contributed by atoms with van der Waals surface area (Å²) in [6.45, 7) is 1.71. The molecule has 0 aromatic heterocycles. The fraction of sp³-hybridized carbons (Fsp3) is 0.562. The van der Waals surface area contributed by atoms with Crippen molar-refractivity contribution in [2.24, 2.45) is 5.92 Å². The van der Waals surface area contributed by atoms with Gasteiger partial charge in [0, 0.05) is 0 Å². The van der Waals surface area contributed by atoms with E-state index < -0.39 is 11.9 Å². The summed E-state index contributed by atoms with van der Waals surface area (Å²) in [7, 11) is 1.62. The maximum absolute atomic E-state index is 11.0. The SMILES string of the molecule is COc1ccc(CC(C)C(=O)O)cc1OC1CCSCC1. The predicted molar refractivity (Wildman–Crippen MR) is 84.5 cm³/mol. The van der Waals surface area contributed by atoms with E-state index in [9.17, 15) is 4.79 Å².